The maximum atomic E-state index is 11.9. The number of aromatic nitrogens is 1. The standard InChI is InChI=1S/C15H15N3O5S/c1-3-11(19)13(20)23-12-8-24-15(17-12)18-14(21)16-9-4-6-10(22-2)7-5-9/h4-8H,3H2,1-2H3,(H2,16,17,18,21). The second-order valence-corrected chi connectivity index (χ2v) is 5.32. The molecule has 0 saturated carbocycles. The summed E-state index contributed by atoms with van der Waals surface area (Å²) in [5.41, 5.74) is 0.574. The Morgan fingerprint density at radius 3 is 2.50 bits per heavy atom. The number of benzene rings is 1. The topological polar surface area (TPSA) is 107 Å². The van der Waals surface area contributed by atoms with Gasteiger partial charge in [-0.3, -0.25) is 10.1 Å². The molecule has 0 saturated heterocycles. The second kappa shape index (κ2) is 8.06. The summed E-state index contributed by atoms with van der Waals surface area (Å²) in [5, 5.41) is 6.77. The molecule has 126 valence electrons. The molecule has 0 unspecified atom stereocenters. The summed E-state index contributed by atoms with van der Waals surface area (Å²) in [4.78, 5) is 38.3. The maximum Gasteiger partial charge on any atom is 0.381 e. The van der Waals surface area contributed by atoms with Gasteiger partial charge in [-0.1, -0.05) is 6.92 Å². The van der Waals surface area contributed by atoms with Gasteiger partial charge in [-0.25, -0.2) is 9.59 Å². The van der Waals surface area contributed by atoms with Crippen LogP contribution in [0.1, 0.15) is 13.3 Å². The van der Waals surface area contributed by atoms with E-state index in [9.17, 15) is 14.4 Å². The quantitative estimate of drug-likeness (QED) is 0.613. The van der Waals surface area contributed by atoms with E-state index < -0.39 is 17.8 Å². The van der Waals surface area contributed by atoms with Crippen LogP contribution in [0.25, 0.3) is 0 Å². The lowest BCUT2D eigenvalue weighted by molar-refractivity contribution is -0.147. The summed E-state index contributed by atoms with van der Waals surface area (Å²) >= 11 is 1.06. The highest BCUT2D eigenvalue weighted by atomic mass is 32.1. The van der Waals surface area contributed by atoms with Gasteiger partial charge in [0, 0.05) is 12.1 Å². The van der Waals surface area contributed by atoms with E-state index in [-0.39, 0.29) is 17.4 Å². The molecule has 1 aromatic carbocycles. The minimum absolute atomic E-state index is 0.0356. The molecule has 0 aliphatic carbocycles. The van der Waals surface area contributed by atoms with Crippen LogP contribution in [0.5, 0.6) is 11.6 Å². The summed E-state index contributed by atoms with van der Waals surface area (Å²) in [6, 6.07) is 6.29. The number of amides is 2. The number of methoxy groups -OCH3 is 1. The number of carbonyl (C=O) groups is 3. The first-order valence-electron chi connectivity index (χ1n) is 6.94. The number of ether oxygens (including phenoxy) is 2. The van der Waals surface area contributed by atoms with Gasteiger partial charge in [0.05, 0.1) is 12.5 Å². The van der Waals surface area contributed by atoms with Crippen molar-refractivity contribution in [2.75, 3.05) is 17.7 Å². The average molecular weight is 349 g/mol. The number of urea groups is 1. The number of anilines is 2. The number of Topliss-reactive ketones (excluding diaryl/α,β-unsaturated/α-hetero) is 1. The third-order valence-corrected chi connectivity index (χ3v) is 3.53. The Morgan fingerprint density at radius 1 is 1.17 bits per heavy atom. The van der Waals surface area contributed by atoms with E-state index in [2.05, 4.69) is 15.6 Å². The van der Waals surface area contributed by atoms with Crippen molar-refractivity contribution in [2.24, 2.45) is 0 Å². The van der Waals surface area contributed by atoms with Crippen molar-refractivity contribution < 1.29 is 23.9 Å². The molecule has 0 atom stereocenters. The normalized spacial score (nSPS) is 9.92. The van der Waals surface area contributed by atoms with Crippen LogP contribution in [0.15, 0.2) is 29.6 Å². The molecule has 2 rings (SSSR count). The largest absolute Gasteiger partial charge is 0.497 e. The van der Waals surface area contributed by atoms with Crippen molar-refractivity contribution in [3.8, 4) is 11.6 Å². The fourth-order valence-electron chi connectivity index (χ4n) is 1.59. The summed E-state index contributed by atoms with van der Waals surface area (Å²) < 4.78 is 9.83. The van der Waals surface area contributed by atoms with Crippen LogP contribution in [0, 0.1) is 0 Å². The van der Waals surface area contributed by atoms with E-state index in [1.54, 1.807) is 38.3 Å². The predicted octanol–water partition coefficient (Wildman–Crippen LogP) is 2.68. The first-order chi connectivity index (χ1) is 11.5. The number of hydrogen-bond donors (Lipinski definition) is 2. The number of hydrogen-bond acceptors (Lipinski definition) is 7. The molecule has 0 aliphatic rings. The lowest BCUT2D eigenvalue weighted by Crippen LogP contribution is -2.20. The van der Waals surface area contributed by atoms with E-state index in [0.29, 0.717) is 11.4 Å². The molecule has 9 heteroatoms. The number of carbonyl (C=O) groups excluding carboxylic acids is 3. The van der Waals surface area contributed by atoms with Crippen molar-refractivity contribution in [2.45, 2.75) is 13.3 Å². The molecule has 0 radical (unpaired) electrons. The zero-order chi connectivity index (χ0) is 17.5. The Balaban J connectivity index is 1.90. The van der Waals surface area contributed by atoms with Crippen LogP contribution in [-0.2, 0) is 9.59 Å². The number of thiazole rings is 1. The van der Waals surface area contributed by atoms with Gasteiger partial charge < -0.3 is 14.8 Å². The highest BCUT2D eigenvalue weighted by molar-refractivity contribution is 7.14. The Labute approximate surface area is 141 Å². The number of rotatable bonds is 6. The minimum atomic E-state index is -0.975. The summed E-state index contributed by atoms with van der Waals surface area (Å²) in [6.45, 7) is 1.56. The van der Waals surface area contributed by atoms with Gasteiger partial charge in [0.15, 0.2) is 5.13 Å². The zero-order valence-electron chi connectivity index (χ0n) is 13.0. The predicted molar refractivity (Wildman–Crippen MR) is 88.7 cm³/mol. The van der Waals surface area contributed by atoms with Crippen LogP contribution < -0.4 is 20.1 Å². The Bertz CT molecular complexity index is 742. The van der Waals surface area contributed by atoms with Crippen molar-refractivity contribution >= 4 is 39.9 Å². The number of ketones is 1. The van der Waals surface area contributed by atoms with E-state index in [4.69, 9.17) is 9.47 Å². The lowest BCUT2D eigenvalue weighted by atomic mass is 10.3. The third kappa shape index (κ3) is 4.78. The third-order valence-electron chi connectivity index (χ3n) is 2.80. The maximum absolute atomic E-state index is 11.9. The lowest BCUT2D eigenvalue weighted by Gasteiger charge is -2.06. The molecular formula is C15H15N3O5S. The highest BCUT2D eigenvalue weighted by Crippen LogP contribution is 2.22. The van der Waals surface area contributed by atoms with Gasteiger partial charge in [0.1, 0.15) is 5.75 Å². The molecule has 2 N–H and O–H groups in total. The second-order valence-electron chi connectivity index (χ2n) is 4.46. The number of nitrogens with one attached hydrogen (secondary N) is 2. The molecule has 2 aromatic rings. The van der Waals surface area contributed by atoms with Crippen molar-refractivity contribution in [1.29, 1.82) is 0 Å². The minimum Gasteiger partial charge on any atom is -0.497 e. The van der Waals surface area contributed by atoms with Crippen molar-refractivity contribution in [3.63, 3.8) is 0 Å². The van der Waals surface area contributed by atoms with Gasteiger partial charge in [-0.2, -0.15) is 4.98 Å². The first-order valence-corrected chi connectivity index (χ1v) is 7.82. The van der Waals surface area contributed by atoms with Crippen molar-refractivity contribution in [3.05, 3.63) is 29.6 Å². The number of nitrogens with zero attached hydrogens (tertiary/aromatic N) is 1. The molecule has 1 heterocycles. The van der Waals surface area contributed by atoms with Gasteiger partial charge >= 0.3 is 12.0 Å². The monoisotopic (exact) mass is 349 g/mol. The van der Waals surface area contributed by atoms with Crippen LogP contribution in [0.3, 0.4) is 0 Å². The van der Waals surface area contributed by atoms with Crippen LogP contribution in [-0.4, -0.2) is 29.9 Å². The zero-order valence-corrected chi connectivity index (χ0v) is 13.8. The molecule has 8 nitrogen and oxygen atoms in total. The van der Waals surface area contributed by atoms with Crippen LogP contribution in [0.4, 0.5) is 15.6 Å². The average Bonchev–Trinajstić information content (AvgIpc) is 3.01. The molecule has 1 aromatic heterocycles. The van der Waals surface area contributed by atoms with Gasteiger partial charge in [0.2, 0.25) is 11.7 Å². The fourth-order valence-corrected chi connectivity index (χ4v) is 2.20. The molecular weight excluding hydrogens is 334 g/mol. The summed E-state index contributed by atoms with van der Waals surface area (Å²) in [5.74, 6) is -0.979. The molecule has 24 heavy (non-hydrogen) atoms. The Hall–Kier alpha value is -2.94. The van der Waals surface area contributed by atoms with E-state index in [1.807, 2.05) is 0 Å². The van der Waals surface area contributed by atoms with Gasteiger partial charge in [0.25, 0.3) is 0 Å². The summed E-state index contributed by atoms with van der Waals surface area (Å²) in [7, 11) is 1.55. The molecule has 0 fully saturated rings. The molecule has 0 bridgehead atoms. The fraction of sp³-hybridized carbons (Fsp3) is 0.200. The Morgan fingerprint density at radius 2 is 1.88 bits per heavy atom. The highest BCUT2D eigenvalue weighted by Gasteiger charge is 2.16. The van der Waals surface area contributed by atoms with Gasteiger partial charge in [-0.05, 0) is 24.3 Å². The Kier molecular flexibility index (Phi) is 5.85. The molecule has 2 amide bonds. The molecule has 0 spiro atoms. The van der Waals surface area contributed by atoms with Gasteiger partial charge in [-0.15, -0.1) is 11.3 Å². The van der Waals surface area contributed by atoms with E-state index in [1.165, 1.54) is 5.38 Å². The smallest absolute Gasteiger partial charge is 0.381 e. The van der Waals surface area contributed by atoms with Crippen molar-refractivity contribution in [1.82, 2.24) is 4.98 Å². The first kappa shape index (κ1) is 17.4. The van der Waals surface area contributed by atoms with E-state index >= 15 is 0 Å². The SMILES string of the molecule is CCC(=O)C(=O)Oc1csc(NC(=O)Nc2ccc(OC)cc2)n1. The molecule has 0 aliphatic heterocycles. The van der Waals surface area contributed by atoms with Crippen LogP contribution in [0.2, 0.25) is 0 Å². The number of esters is 1. The van der Waals surface area contributed by atoms with Crippen LogP contribution >= 0.6 is 11.3 Å². The summed E-state index contributed by atoms with van der Waals surface area (Å²) in [6.07, 6.45) is 0.0539. The van der Waals surface area contributed by atoms with E-state index in [0.717, 1.165) is 11.3 Å².